The summed E-state index contributed by atoms with van der Waals surface area (Å²) in [5, 5.41) is 4.83. The van der Waals surface area contributed by atoms with E-state index in [1.807, 2.05) is 62.4 Å². The van der Waals surface area contributed by atoms with E-state index >= 15 is 0 Å². The van der Waals surface area contributed by atoms with Crippen LogP contribution in [0.2, 0.25) is 5.02 Å². The molecule has 4 nitrogen and oxygen atoms in total. The van der Waals surface area contributed by atoms with E-state index in [0.717, 1.165) is 32.9 Å². The van der Waals surface area contributed by atoms with Gasteiger partial charge < -0.3 is 4.57 Å². The molecule has 0 fully saturated rings. The molecule has 0 saturated carbocycles. The molecule has 150 valence electrons. The lowest BCUT2D eigenvalue weighted by molar-refractivity contribution is -0.118. The van der Waals surface area contributed by atoms with Crippen LogP contribution in [0.1, 0.15) is 22.5 Å². The molecule has 0 radical (unpaired) electrons. The van der Waals surface area contributed by atoms with Crippen molar-refractivity contribution < 1.29 is 4.79 Å². The number of aromatic nitrogens is 1. The maximum atomic E-state index is 12.0. The third kappa shape index (κ3) is 5.98. The Morgan fingerprint density at radius 2 is 1.97 bits per heavy atom. The van der Waals surface area contributed by atoms with Crippen molar-refractivity contribution in [3.8, 4) is 5.69 Å². The summed E-state index contributed by atoms with van der Waals surface area (Å²) in [5.41, 5.74) is 7.91. The van der Waals surface area contributed by atoms with Crippen molar-refractivity contribution in [1.29, 1.82) is 0 Å². The average Bonchev–Trinajstić information content (AvgIpc) is 2.96. The van der Waals surface area contributed by atoms with E-state index in [9.17, 15) is 4.79 Å². The first kappa shape index (κ1) is 21.7. The second-order valence-corrected chi connectivity index (χ2v) is 8.89. The third-order valence-electron chi connectivity index (χ3n) is 4.34. The molecule has 1 amide bonds. The zero-order chi connectivity index (χ0) is 20.8. The Balaban J connectivity index is 1.55. The third-order valence-corrected chi connectivity index (χ3v) is 6.09. The highest BCUT2D eigenvalue weighted by Gasteiger charge is 2.09. The number of halogens is 2. The highest BCUT2D eigenvalue weighted by atomic mass is 79.9. The van der Waals surface area contributed by atoms with Crippen LogP contribution in [0, 0.1) is 13.8 Å². The first-order valence-electron chi connectivity index (χ1n) is 9.03. The van der Waals surface area contributed by atoms with Gasteiger partial charge >= 0.3 is 0 Å². The first-order valence-corrected chi connectivity index (χ1v) is 11.4. The number of carbonyl (C=O) groups excluding carboxylic acids is 1. The molecule has 0 aliphatic carbocycles. The van der Waals surface area contributed by atoms with Crippen molar-refractivity contribution in [3.05, 3.63) is 86.6 Å². The number of thioether (sulfide) groups is 1. The summed E-state index contributed by atoms with van der Waals surface area (Å²) in [5.74, 6) is 1.01. The number of hydrogen-bond donors (Lipinski definition) is 1. The zero-order valence-corrected chi connectivity index (χ0v) is 19.3. The number of amides is 1. The fourth-order valence-corrected chi connectivity index (χ4v) is 4.34. The van der Waals surface area contributed by atoms with Crippen LogP contribution in [0.4, 0.5) is 0 Å². The number of hydrazone groups is 1. The molecule has 29 heavy (non-hydrogen) atoms. The Hall–Kier alpha value is -2.02. The van der Waals surface area contributed by atoms with Crippen molar-refractivity contribution in [1.82, 2.24) is 9.99 Å². The Morgan fingerprint density at radius 3 is 2.69 bits per heavy atom. The first-order chi connectivity index (χ1) is 13.9. The van der Waals surface area contributed by atoms with Gasteiger partial charge in [0, 0.05) is 37.9 Å². The van der Waals surface area contributed by atoms with Gasteiger partial charge in [-0.2, -0.15) is 5.10 Å². The molecule has 0 bridgehead atoms. The number of hydrogen-bond acceptors (Lipinski definition) is 3. The second-order valence-electron chi connectivity index (χ2n) is 6.55. The van der Waals surface area contributed by atoms with Crippen LogP contribution >= 0.6 is 39.3 Å². The van der Waals surface area contributed by atoms with Crippen LogP contribution in [-0.4, -0.2) is 22.4 Å². The van der Waals surface area contributed by atoms with Gasteiger partial charge in [0.15, 0.2) is 0 Å². The van der Waals surface area contributed by atoms with Crippen molar-refractivity contribution in [3.63, 3.8) is 0 Å². The van der Waals surface area contributed by atoms with Gasteiger partial charge in [0.1, 0.15) is 0 Å². The molecule has 0 spiro atoms. The molecule has 0 aliphatic rings. The summed E-state index contributed by atoms with van der Waals surface area (Å²) in [4.78, 5) is 12.0. The van der Waals surface area contributed by atoms with Gasteiger partial charge in [0.05, 0.1) is 12.0 Å². The molecular weight excluding hydrogens is 470 g/mol. The Kier molecular flexibility index (Phi) is 7.58. The van der Waals surface area contributed by atoms with Gasteiger partial charge in [-0.1, -0.05) is 39.7 Å². The molecule has 1 N–H and O–H groups in total. The summed E-state index contributed by atoms with van der Waals surface area (Å²) in [6.07, 6.45) is 1.69. The lowest BCUT2D eigenvalue weighted by Crippen LogP contribution is -2.19. The maximum Gasteiger partial charge on any atom is 0.250 e. The standard InChI is InChI=1S/C22H21BrClN3OS/c1-15-10-18(16(2)27(15)21-8-6-20(24)7-9-21)12-25-26-22(28)14-29-13-17-4-3-5-19(23)11-17/h3-12H,13-14H2,1-2H3,(H,26,28)/b25-12-. The van der Waals surface area contributed by atoms with Gasteiger partial charge in [-0.05, 0) is 61.9 Å². The lowest BCUT2D eigenvalue weighted by Gasteiger charge is -2.09. The average molecular weight is 491 g/mol. The molecule has 3 rings (SSSR count). The molecule has 1 aromatic heterocycles. The number of benzene rings is 2. The quantitative estimate of drug-likeness (QED) is 0.331. The normalized spacial score (nSPS) is 11.2. The Morgan fingerprint density at radius 1 is 1.21 bits per heavy atom. The molecule has 0 aliphatic heterocycles. The summed E-state index contributed by atoms with van der Waals surface area (Å²) in [7, 11) is 0. The van der Waals surface area contributed by atoms with Crippen LogP contribution in [-0.2, 0) is 10.5 Å². The van der Waals surface area contributed by atoms with Gasteiger partial charge in [-0.25, -0.2) is 5.43 Å². The van der Waals surface area contributed by atoms with Crippen LogP contribution in [0.15, 0.2) is 64.2 Å². The SMILES string of the molecule is Cc1cc(/C=N\NC(=O)CSCc2cccc(Br)c2)c(C)n1-c1ccc(Cl)cc1. The van der Waals surface area contributed by atoms with Crippen LogP contribution in [0.5, 0.6) is 0 Å². The summed E-state index contributed by atoms with van der Waals surface area (Å²) < 4.78 is 3.17. The summed E-state index contributed by atoms with van der Waals surface area (Å²) >= 11 is 11.0. The number of nitrogens with zero attached hydrogens (tertiary/aromatic N) is 2. The van der Waals surface area contributed by atoms with Crippen molar-refractivity contribution in [2.45, 2.75) is 19.6 Å². The van der Waals surface area contributed by atoms with Crippen molar-refractivity contribution >= 4 is 51.4 Å². The molecule has 1 heterocycles. The van der Waals surface area contributed by atoms with Gasteiger partial charge in [-0.15, -0.1) is 11.8 Å². The minimum atomic E-state index is -0.118. The van der Waals surface area contributed by atoms with Crippen LogP contribution < -0.4 is 5.43 Å². The fraction of sp³-hybridized carbons (Fsp3) is 0.182. The second kappa shape index (κ2) is 10.1. The molecule has 7 heteroatoms. The Bertz CT molecular complexity index is 1030. The number of carbonyl (C=O) groups is 1. The predicted molar refractivity (Wildman–Crippen MR) is 126 cm³/mol. The molecule has 3 aromatic rings. The monoisotopic (exact) mass is 489 g/mol. The van der Waals surface area contributed by atoms with E-state index in [4.69, 9.17) is 11.6 Å². The summed E-state index contributed by atoms with van der Waals surface area (Å²) in [6.45, 7) is 4.06. The van der Waals surface area contributed by atoms with Crippen molar-refractivity contribution in [2.24, 2.45) is 5.10 Å². The van der Waals surface area contributed by atoms with E-state index in [1.54, 1.807) is 18.0 Å². The number of rotatable bonds is 7. The van der Waals surface area contributed by atoms with E-state index in [1.165, 1.54) is 5.56 Å². The zero-order valence-electron chi connectivity index (χ0n) is 16.2. The highest BCUT2D eigenvalue weighted by molar-refractivity contribution is 9.10. The van der Waals surface area contributed by atoms with Gasteiger partial charge in [0.2, 0.25) is 5.91 Å². The van der Waals surface area contributed by atoms with E-state index in [-0.39, 0.29) is 5.91 Å². The van der Waals surface area contributed by atoms with Crippen molar-refractivity contribution in [2.75, 3.05) is 5.75 Å². The molecule has 0 unspecified atom stereocenters. The molecule has 0 atom stereocenters. The minimum absolute atomic E-state index is 0.118. The van der Waals surface area contributed by atoms with E-state index in [2.05, 4.69) is 37.1 Å². The Labute approximate surface area is 188 Å². The smallest absolute Gasteiger partial charge is 0.250 e. The topological polar surface area (TPSA) is 46.4 Å². The van der Waals surface area contributed by atoms with Crippen LogP contribution in [0.3, 0.4) is 0 Å². The fourth-order valence-electron chi connectivity index (χ4n) is 3.00. The summed E-state index contributed by atoms with van der Waals surface area (Å²) in [6, 6.07) is 17.8. The molecular formula is C22H21BrClN3OS. The lowest BCUT2D eigenvalue weighted by atomic mass is 10.2. The molecule has 2 aromatic carbocycles. The molecule has 0 saturated heterocycles. The van der Waals surface area contributed by atoms with Gasteiger partial charge in [-0.3, -0.25) is 4.79 Å². The van der Waals surface area contributed by atoms with E-state index in [0.29, 0.717) is 10.8 Å². The number of aryl methyl sites for hydroxylation is 1. The van der Waals surface area contributed by atoms with Gasteiger partial charge in [0.25, 0.3) is 0 Å². The minimum Gasteiger partial charge on any atom is -0.318 e. The predicted octanol–water partition coefficient (Wildman–Crippen LogP) is 5.89. The van der Waals surface area contributed by atoms with Crippen LogP contribution in [0.25, 0.3) is 5.69 Å². The maximum absolute atomic E-state index is 12.0. The van der Waals surface area contributed by atoms with E-state index < -0.39 is 0 Å². The number of nitrogens with one attached hydrogen (secondary N) is 1. The highest BCUT2D eigenvalue weighted by Crippen LogP contribution is 2.21. The largest absolute Gasteiger partial charge is 0.318 e.